The molecule has 3 aromatic rings. The zero-order valence-electron chi connectivity index (χ0n) is 13.5. The fourth-order valence-corrected chi connectivity index (χ4v) is 3.68. The molecule has 0 bridgehead atoms. The van der Waals surface area contributed by atoms with Crippen molar-refractivity contribution in [3.63, 3.8) is 0 Å². The van der Waals surface area contributed by atoms with E-state index in [-0.39, 0.29) is 6.03 Å². The topological polar surface area (TPSA) is 49.3 Å². The molecule has 2 aromatic heterocycles. The first-order valence-electron chi connectivity index (χ1n) is 7.49. The number of benzene rings is 1. The van der Waals surface area contributed by atoms with Crippen LogP contribution in [0.3, 0.4) is 0 Å². The third kappa shape index (κ3) is 3.98. The molecule has 0 unspecified atom stereocenters. The third-order valence-electron chi connectivity index (χ3n) is 3.47. The van der Waals surface area contributed by atoms with E-state index < -0.39 is 0 Å². The number of thiazole rings is 2. The number of nitrogens with zero attached hydrogens (tertiary/aromatic N) is 4. The highest BCUT2D eigenvalue weighted by Crippen LogP contribution is 2.20. The quantitative estimate of drug-likeness (QED) is 0.688. The van der Waals surface area contributed by atoms with Crippen LogP contribution in [0, 0.1) is 6.92 Å². The lowest BCUT2D eigenvalue weighted by molar-refractivity contribution is 0.213. The number of carbonyl (C=O) groups excluding carboxylic acids is 1. The van der Waals surface area contributed by atoms with E-state index in [2.05, 4.69) is 9.97 Å². The molecule has 124 valence electrons. The standard InChI is InChI=1S/C17H18N4OS2/c1-13-10-24-16(19-13)9-20(2)17(22)21(8-14-11-23-12-18-14)15-6-4-3-5-7-15/h3-7,10-12H,8-9H2,1-2H3. The number of aromatic nitrogens is 2. The first kappa shape index (κ1) is 16.6. The lowest BCUT2D eigenvalue weighted by atomic mass is 10.3. The van der Waals surface area contributed by atoms with Crippen molar-refractivity contribution >= 4 is 34.4 Å². The number of hydrogen-bond donors (Lipinski definition) is 0. The maximum Gasteiger partial charge on any atom is 0.324 e. The van der Waals surface area contributed by atoms with Gasteiger partial charge in [0.2, 0.25) is 0 Å². The Hall–Kier alpha value is -2.25. The minimum Gasteiger partial charge on any atom is -0.321 e. The van der Waals surface area contributed by atoms with E-state index >= 15 is 0 Å². The number of carbonyl (C=O) groups is 1. The molecular formula is C17H18N4OS2. The van der Waals surface area contributed by atoms with Gasteiger partial charge in [0.15, 0.2) is 0 Å². The second kappa shape index (κ2) is 7.55. The van der Waals surface area contributed by atoms with Crippen molar-refractivity contribution in [2.45, 2.75) is 20.0 Å². The molecule has 0 spiro atoms. The number of hydrogen-bond acceptors (Lipinski definition) is 5. The highest BCUT2D eigenvalue weighted by Gasteiger charge is 2.21. The van der Waals surface area contributed by atoms with Gasteiger partial charge in [0.25, 0.3) is 0 Å². The molecule has 0 aliphatic carbocycles. The Bertz CT molecular complexity index is 786. The molecule has 3 rings (SSSR count). The van der Waals surface area contributed by atoms with Gasteiger partial charge in [-0.05, 0) is 19.1 Å². The largest absolute Gasteiger partial charge is 0.324 e. The number of amides is 2. The average Bonchev–Trinajstić information content (AvgIpc) is 3.24. The smallest absolute Gasteiger partial charge is 0.321 e. The predicted octanol–water partition coefficient (Wildman–Crippen LogP) is 4.17. The van der Waals surface area contributed by atoms with Gasteiger partial charge in [-0.3, -0.25) is 4.90 Å². The van der Waals surface area contributed by atoms with Crippen LogP contribution in [0.4, 0.5) is 10.5 Å². The molecule has 2 heterocycles. The molecule has 0 saturated carbocycles. The maximum absolute atomic E-state index is 13.0. The minimum atomic E-state index is -0.0675. The van der Waals surface area contributed by atoms with Gasteiger partial charge in [-0.25, -0.2) is 14.8 Å². The molecule has 0 saturated heterocycles. The SMILES string of the molecule is Cc1csc(CN(C)C(=O)N(Cc2cscn2)c2ccccc2)n1. The van der Waals surface area contributed by atoms with Crippen molar-refractivity contribution in [1.82, 2.24) is 14.9 Å². The summed E-state index contributed by atoms with van der Waals surface area (Å²) in [4.78, 5) is 25.2. The second-order valence-electron chi connectivity index (χ2n) is 5.42. The number of rotatable bonds is 5. The zero-order valence-corrected chi connectivity index (χ0v) is 15.2. The summed E-state index contributed by atoms with van der Waals surface area (Å²) in [6.07, 6.45) is 0. The van der Waals surface area contributed by atoms with E-state index in [0.29, 0.717) is 13.1 Å². The maximum atomic E-state index is 13.0. The molecule has 0 aliphatic rings. The van der Waals surface area contributed by atoms with E-state index in [0.717, 1.165) is 22.1 Å². The second-order valence-corrected chi connectivity index (χ2v) is 7.08. The fraction of sp³-hybridized carbons (Fsp3) is 0.235. The molecule has 0 N–H and O–H groups in total. The highest BCUT2D eigenvalue weighted by molar-refractivity contribution is 7.09. The predicted molar refractivity (Wildman–Crippen MR) is 98.5 cm³/mol. The Kier molecular flexibility index (Phi) is 5.22. The average molecular weight is 358 g/mol. The lowest BCUT2D eigenvalue weighted by Crippen LogP contribution is -2.40. The Balaban J connectivity index is 1.79. The van der Waals surface area contributed by atoms with E-state index in [9.17, 15) is 4.79 Å². The summed E-state index contributed by atoms with van der Waals surface area (Å²) >= 11 is 3.11. The van der Waals surface area contributed by atoms with Gasteiger partial charge in [-0.1, -0.05) is 18.2 Å². The fourth-order valence-electron chi connectivity index (χ4n) is 2.31. The van der Waals surface area contributed by atoms with Gasteiger partial charge in [0.1, 0.15) is 5.01 Å². The molecule has 0 fully saturated rings. The number of para-hydroxylation sites is 1. The number of urea groups is 1. The Morgan fingerprint density at radius 3 is 2.58 bits per heavy atom. The Morgan fingerprint density at radius 2 is 1.96 bits per heavy atom. The van der Waals surface area contributed by atoms with Crippen LogP contribution in [0.15, 0.2) is 46.6 Å². The number of anilines is 1. The summed E-state index contributed by atoms with van der Waals surface area (Å²) in [6.45, 7) is 2.91. The normalized spacial score (nSPS) is 10.6. The summed E-state index contributed by atoms with van der Waals surface area (Å²) in [7, 11) is 1.80. The van der Waals surface area contributed by atoms with E-state index in [4.69, 9.17) is 0 Å². The number of aryl methyl sites for hydroxylation is 1. The first-order valence-corrected chi connectivity index (χ1v) is 9.31. The Morgan fingerprint density at radius 1 is 1.17 bits per heavy atom. The molecular weight excluding hydrogens is 340 g/mol. The molecule has 1 aromatic carbocycles. The van der Waals surface area contributed by atoms with E-state index in [1.165, 1.54) is 11.3 Å². The van der Waals surface area contributed by atoms with Crippen LogP contribution in [0.1, 0.15) is 16.4 Å². The van der Waals surface area contributed by atoms with Crippen LogP contribution >= 0.6 is 22.7 Å². The molecule has 2 amide bonds. The highest BCUT2D eigenvalue weighted by atomic mass is 32.1. The van der Waals surface area contributed by atoms with Crippen LogP contribution in [-0.4, -0.2) is 27.9 Å². The van der Waals surface area contributed by atoms with Gasteiger partial charge >= 0.3 is 6.03 Å². The van der Waals surface area contributed by atoms with Crippen LogP contribution in [0.25, 0.3) is 0 Å². The van der Waals surface area contributed by atoms with Gasteiger partial charge in [0, 0.05) is 29.2 Å². The van der Waals surface area contributed by atoms with E-state index in [1.54, 1.807) is 33.7 Å². The summed E-state index contributed by atoms with van der Waals surface area (Å²) in [5.74, 6) is 0. The molecule has 0 atom stereocenters. The van der Waals surface area contributed by atoms with Crippen LogP contribution < -0.4 is 4.90 Å². The van der Waals surface area contributed by atoms with Crippen molar-refractivity contribution in [2.24, 2.45) is 0 Å². The summed E-state index contributed by atoms with van der Waals surface area (Å²) in [5.41, 5.74) is 4.51. The molecule has 0 radical (unpaired) electrons. The third-order valence-corrected chi connectivity index (χ3v) is 5.05. The van der Waals surface area contributed by atoms with Crippen LogP contribution in [0.2, 0.25) is 0 Å². The molecule has 7 heteroatoms. The molecule has 24 heavy (non-hydrogen) atoms. The van der Waals surface area contributed by atoms with Crippen molar-refractivity contribution in [1.29, 1.82) is 0 Å². The van der Waals surface area contributed by atoms with Crippen molar-refractivity contribution in [2.75, 3.05) is 11.9 Å². The van der Waals surface area contributed by atoms with Crippen molar-refractivity contribution < 1.29 is 4.79 Å². The summed E-state index contributed by atoms with van der Waals surface area (Å²) < 4.78 is 0. The monoisotopic (exact) mass is 358 g/mol. The Labute approximate surface area is 149 Å². The van der Waals surface area contributed by atoms with Gasteiger partial charge in [0.05, 0.1) is 24.3 Å². The van der Waals surface area contributed by atoms with Crippen molar-refractivity contribution in [3.8, 4) is 0 Å². The summed E-state index contributed by atoms with van der Waals surface area (Å²) in [5, 5.41) is 4.90. The van der Waals surface area contributed by atoms with Crippen molar-refractivity contribution in [3.05, 3.63) is 63.0 Å². The molecule has 0 aliphatic heterocycles. The lowest BCUT2D eigenvalue weighted by Gasteiger charge is -2.27. The van der Waals surface area contributed by atoms with Gasteiger partial charge in [-0.2, -0.15) is 0 Å². The van der Waals surface area contributed by atoms with Crippen LogP contribution in [0.5, 0.6) is 0 Å². The zero-order chi connectivity index (χ0) is 16.9. The molecule has 5 nitrogen and oxygen atoms in total. The van der Waals surface area contributed by atoms with Crippen LogP contribution in [-0.2, 0) is 13.1 Å². The minimum absolute atomic E-state index is 0.0675. The van der Waals surface area contributed by atoms with Gasteiger partial charge < -0.3 is 4.90 Å². The van der Waals surface area contributed by atoms with Gasteiger partial charge in [-0.15, -0.1) is 22.7 Å². The first-order chi connectivity index (χ1) is 11.6. The summed E-state index contributed by atoms with van der Waals surface area (Å²) in [6, 6.07) is 9.61. The van der Waals surface area contributed by atoms with E-state index in [1.807, 2.05) is 48.0 Å².